The van der Waals surface area contributed by atoms with Crippen molar-refractivity contribution < 1.29 is 19.1 Å². The Morgan fingerprint density at radius 1 is 1.09 bits per heavy atom. The number of ether oxygens (including phenoxy) is 1. The zero-order chi connectivity index (χ0) is 23.3. The fourth-order valence-electron chi connectivity index (χ4n) is 3.76. The van der Waals surface area contributed by atoms with E-state index in [0.717, 1.165) is 23.2 Å². The summed E-state index contributed by atoms with van der Waals surface area (Å²) in [6.45, 7) is 2.99. The summed E-state index contributed by atoms with van der Waals surface area (Å²) in [5.41, 5.74) is 3.71. The SMILES string of the molecule is CCOC(=O)c1ccc(NC(=O)C2NCCc3c2cccc3N(C)C(=O)CN(C)C)cc1.Cl. The van der Waals surface area contributed by atoms with Gasteiger partial charge in [-0.25, -0.2) is 4.79 Å². The molecule has 178 valence electrons. The minimum Gasteiger partial charge on any atom is -0.462 e. The molecular weight excluding hydrogens is 444 g/mol. The van der Waals surface area contributed by atoms with Gasteiger partial charge in [-0.15, -0.1) is 12.4 Å². The molecule has 2 aromatic rings. The van der Waals surface area contributed by atoms with Gasteiger partial charge in [0.25, 0.3) is 0 Å². The van der Waals surface area contributed by atoms with Gasteiger partial charge in [-0.3, -0.25) is 9.59 Å². The topological polar surface area (TPSA) is 91.0 Å². The maximum absolute atomic E-state index is 13.1. The number of anilines is 2. The Morgan fingerprint density at radius 3 is 2.42 bits per heavy atom. The third-order valence-corrected chi connectivity index (χ3v) is 5.33. The minimum atomic E-state index is -0.541. The number of nitrogens with zero attached hydrogens (tertiary/aromatic N) is 2. The molecule has 0 radical (unpaired) electrons. The van der Waals surface area contributed by atoms with Gasteiger partial charge in [-0.1, -0.05) is 12.1 Å². The Kier molecular flexibility index (Phi) is 9.40. The molecule has 1 aliphatic rings. The molecular formula is C24H31ClN4O4. The number of esters is 1. The van der Waals surface area contributed by atoms with Crippen LogP contribution in [0.1, 0.15) is 34.5 Å². The maximum atomic E-state index is 13.1. The number of halogens is 1. The molecule has 0 fully saturated rings. The summed E-state index contributed by atoms with van der Waals surface area (Å²) in [5.74, 6) is -0.604. The first-order chi connectivity index (χ1) is 15.3. The summed E-state index contributed by atoms with van der Waals surface area (Å²) >= 11 is 0. The average Bonchev–Trinajstić information content (AvgIpc) is 2.78. The monoisotopic (exact) mass is 474 g/mol. The van der Waals surface area contributed by atoms with Crippen molar-refractivity contribution in [2.24, 2.45) is 0 Å². The lowest BCUT2D eigenvalue weighted by Crippen LogP contribution is -2.40. The number of rotatable bonds is 7. The quantitative estimate of drug-likeness (QED) is 0.599. The van der Waals surface area contributed by atoms with Gasteiger partial charge in [0.1, 0.15) is 6.04 Å². The van der Waals surface area contributed by atoms with Crippen molar-refractivity contribution in [3.63, 3.8) is 0 Å². The first-order valence-electron chi connectivity index (χ1n) is 10.7. The van der Waals surface area contributed by atoms with Crippen molar-refractivity contribution in [1.82, 2.24) is 10.2 Å². The molecule has 3 rings (SSSR count). The summed E-state index contributed by atoms with van der Waals surface area (Å²) in [5, 5.41) is 6.18. The van der Waals surface area contributed by atoms with Crippen LogP contribution in [0.5, 0.6) is 0 Å². The summed E-state index contributed by atoms with van der Waals surface area (Å²) in [6, 6.07) is 11.8. The molecule has 33 heavy (non-hydrogen) atoms. The molecule has 2 amide bonds. The van der Waals surface area contributed by atoms with Crippen molar-refractivity contribution in [2.75, 3.05) is 51.1 Å². The molecule has 8 nitrogen and oxygen atoms in total. The second kappa shape index (κ2) is 11.8. The highest BCUT2D eigenvalue weighted by Gasteiger charge is 2.29. The van der Waals surface area contributed by atoms with Crippen LogP contribution < -0.4 is 15.5 Å². The first-order valence-corrected chi connectivity index (χ1v) is 10.7. The number of carbonyl (C=O) groups excluding carboxylic acids is 3. The number of carbonyl (C=O) groups is 3. The second-order valence-corrected chi connectivity index (χ2v) is 7.96. The number of amides is 2. The molecule has 1 aliphatic heterocycles. The molecule has 9 heteroatoms. The van der Waals surface area contributed by atoms with E-state index >= 15 is 0 Å². The number of nitrogens with one attached hydrogen (secondary N) is 2. The lowest BCUT2D eigenvalue weighted by molar-refractivity contribution is -0.119. The zero-order valence-corrected chi connectivity index (χ0v) is 20.2. The molecule has 0 spiro atoms. The molecule has 0 aliphatic carbocycles. The predicted octanol–water partition coefficient (Wildman–Crippen LogP) is 2.64. The van der Waals surface area contributed by atoms with Gasteiger partial charge >= 0.3 is 5.97 Å². The molecule has 2 aromatic carbocycles. The van der Waals surface area contributed by atoms with E-state index in [1.54, 1.807) is 43.1 Å². The van der Waals surface area contributed by atoms with E-state index in [2.05, 4.69) is 10.6 Å². The lowest BCUT2D eigenvalue weighted by atomic mass is 9.91. The van der Waals surface area contributed by atoms with Crippen molar-refractivity contribution in [3.8, 4) is 0 Å². The highest BCUT2D eigenvalue weighted by molar-refractivity contribution is 5.98. The van der Waals surface area contributed by atoms with Gasteiger partial charge in [0.05, 0.1) is 18.7 Å². The highest BCUT2D eigenvalue weighted by atomic mass is 35.5. The van der Waals surface area contributed by atoms with Crippen LogP contribution in [0.3, 0.4) is 0 Å². The van der Waals surface area contributed by atoms with Crippen LogP contribution in [0.25, 0.3) is 0 Å². The molecule has 0 saturated heterocycles. The Bertz CT molecular complexity index is 994. The highest BCUT2D eigenvalue weighted by Crippen LogP contribution is 2.31. The lowest BCUT2D eigenvalue weighted by Gasteiger charge is -2.30. The number of hydrogen-bond donors (Lipinski definition) is 2. The fraction of sp³-hybridized carbons (Fsp3) is 0.375. The Morgan fingerprint density at radius 2 is 1.79 bits per heavy atom. The van der Waals surface area contributed by atoms with Crippen LogP contribution in [-0.4, -0.2) is 63.5 Å². The van der Waals surface area contributed by atoms with Gasteiger partial charge in [0.2, 0.25) is 11.8 Å². The van der Waals surface area contributed by atoms with Crippen LogP contribution in [0.2, 0.25) is 0 Å². The summed E-state index contributed by atoms with van der Waals surface area (Å²) in [6.07, 6.45) is 0.725. The molecule has 1 heterocycles. The van der Waals surface area contributed by atoms with E-state index in [0.29, 0.717) is 30.9 Å². The molecule has 1 atom stereocenters. The van der Waals surface area contributed by atoms with Crippen molar-refractivity contribution >= 4 is 41.6 Å². The maximum Gasteiger partial charge on any atom is 0.338 e. The normalized spacial score (nSPS) is 14.6. The van der Waals surface area contributed by atoms with Crippen LogP contribution in [0, 0.1) is 0 Å². The van der Waals surface area contributed by atoms with E-state index in [1.165, 1.54) is 0 Å². The van der Waals surface area contributed by atoms with E-state index < -0.39 is 12.0 Å². The molecule has 1 unspecified atom stereocenters. The molecule has 0 saturated carbocycles. The number of likely N-dealkylation sites (N-methyl/N-ethyl adjacent to an activating group) is 2. The molecule has 2 N–H and O–H groups in total. The van der Waals surface area contributed by atoms with Crippen molar-refractivity contribution in [3.05, 3.63) is 59.2 Å². The minimum absolute atomic E-state index is 0. The Labute approximate surface area is 200 Å². The standard InChI is InChI=1S/C24H30N4O4.ClH/c1-5-32-24(31)16-9-11-17(12-10-16)26-23(30)22-19-7-6-8-20(18(19)13-14-25-22)28(4)21(29)15-27(2)3;/h6-12,22,25H,5,13-15H2,1-4H3,(H,26,30);1H. The molecule has 0 aromatic heterocycles. The Hall–Kier alpha value is -2.94. The van der Waals surface area contributed by atoms with Crippen LogP contribution in [-0.2, 0) is 20.7 Å². The Balaban J connectivity index is 0.00000385. The average molecular weight is 475 g/mol. The van der Waals surface area contributed by atoms with Gasteiger partial charge < -0.3 is 25.2 Å². The van der Waals surface area contributed by atoms with E-state index in [1.807, 2.05) is 37.2 Å². The van der Waals surface area contributed by atoms with E-state index in [9.17, 15) is 14.4 Å². The van der Waals surface area contributed by atoms with Crippen LogP contribution in [0.15, 0.2) is 42.5 Å². The van der Waals surface area contributed by atoms with Gasteiger partial charge in [-0.05, 0) is 68.9 Å². The summed E-state index contributed by atoms with van der Waals surface area (Å²) in [4.78, 5) is 40.9. The smallest absolute Gasteiger partial charge is 0.338 e. The number of benzene rings is 2. The van der Waals surface area contributed by atoms with E-state index in [-0.39, 0.29) is 24.2 Å². The van der Waals surface area contributed by atoms with Gasteiger partial charge in [-0.2, -0.15) is 0 Å². The van der Waals surface area contributed by atoms with Crippen molar-refractivity contribution in [1.29, 1.82) is 0 Å². The van der Waals surface area contributed by atoms with Crippen LogP contribution >= 0.6 is 12.4 Å². The van der Waals surface area contributed by atoms with Gasteiger partial charge in [0.15, 0.2) is 0 Å². The third-order valence-electron chi connectivity index (χ3n) is 5.33. The predicted molar refractivity (Wildman–Crippen MR) is 131 cm³/mol. The largest absolute Gasteiger partial charge is 0.462 e. The number of fused-ring (bicyclic) bond motifs is 1. The zero-order valence-electron chi connectivity index (χ0n) is 19.4. The first kappa shape index (κ1) is 26.3. The number of hydrogen-bond acceptors (Lipinski definition) is 6. The van der Waals surface area contributed by atoms with Gasteiger partial charge in [0, 0.05) is 25.0 Å². The summed E-state index contributed by atoms with van der Waals surface area (Å²) < 4.78 is 4.98. The van der Waals surface area contributed by atoms with Crippen molar-refractivity contribution in [2.45, 2.75) is 19.4 Å². The summed E-state index contributed by atoms with van der Waals surface area (Å²) in [7, 11) is 5.48. The van der Waals surface area contributed by atoms with E-state index in [4.69, 9.17) is 4.74 Å². The molecule has 0 bridgehead atoms. The third kappa shape index (κ3) is 6.31. The van der Waals surface area contributed by atoms with Crippen LogP contribution in [0.4, 0.5) is 11.4 Å². The second-order valence-electron chi connectivity index (χ2n) is 7.96. The fourth-order valence-corrected chi connectivity index (χ4v) is 3.76.